The molecule has 0 unspecified atom stereocenters. The average molecular weight is 253 g/mol. The SMILES string of the molecule is COc1c(C)cc(Cl)cc1CCN(C)CC#N. The van der Waals surface area contributed by atoms with Gasteiger partial charge >= 0.3 is 0 Å². The van der Waals surface area contributed by atoms with Crippen LogP contribution < -0.4 is 4.74 Å². The molecule has 4 heteroatoms. The molecule has 0 saturated heterocycles. The summed E-state index contributed by atoms with van der Waals surface area (Å²) < 4.78 is 5.38. The summed E-state index contributed by atoms with van der Waals surface area (Å²) in [7, 11) is 3.59. The van der Waals surface area contributed by atoms with Crippen LogP contribution in [0.3, 0.4) is 0 Å². The molecule has 0 aliphatic carbocycles. The zero-order valence-electron chi connectivity index (χ0n) is 10.5. The number of methoxy groups -OCH3 is 1. The van der Waals surface area contributed by atoms with Gasteiger partial charge in [0.25, 0.3) is 0 Å². The number of halogens is 1. The molecule has 0 N–H and O–H groups in total. The molecule has 1 aromatic rings. The van der Waals surface area contributed by atoms with Crippen LogP contribution >= 0.6 is 11.6 Å². The van der Waals surface area contributed by atoms with Gasteiger partial charge in [-0.15, -0.1) is 0 Å². The minimum atomic E-state index is 0.432. The van der Waals surface area contributed by atoms with Crippen molar-refractivity contribution >= 4 is 11.6 Å². The van der Waals surface area contributed by atoms with Crippen LogP contribution in [0.1, 0.15) is 11.1 Å². The molecule has 0 amide bonds. The highest BCUT2D eigenvalue weighted by molar-refractivity contribution is 6.30. The van der Waals surface area contributed by atoms with E-state index in [1.165, 1.54) is 0 Å². The van der Waals surface area contributed by atoms with E-state index >= 15 is 0 Å². The molecule has 0 heterocycles. The molecule has 17 heavy (non-hydrogen) atoms. The Morgan fingerprint density at radius 1 is 1.47 bits per heavy atom. The van der Waals surface area contributed by atoms with Crippen LogP contribution in [0.4, 0.5) is 0 Å². The van der Waals surface area contributed by atoms with Gasteiger partial charge in [-0.05, 0) is 43.7 Å². The van der Waals surface area contributed by atoms with Crippen LogP contribution in [0, 0.1) is 18.3 Å². The van der Waals surface area contributed by atoms with Gasteiger partial charge in [-0.25, -0.2) is 0 Å². The quantitative estimate of drug-likeness (QED) is 0.756. The molecule has 0 spiro atoms. The van der Waals surface area contributed by atoms with Crippen molar-refractivity contribution in [3.63, 3.8) is 0 Å². The lowest BCUT2D eigenvalue weighted by Crippen LogP contribution is -2.21. The maximum absolute atomic E-state index is 8.59. The smallest absolute Gasteiger partial charge is 0.125 e. The summed E-state index contributed by atoms with van der Waals surface area (Å²) in [6.07, 6.45) is 0.822. The molecule has 0 atom stereocenters. The second-order valence-corrected chi connectivity index (χ2v) is 4.50. The highest BCUT2D eigenvalue weighted by atomic mass is 35.5. The van der Waals surface area contributed by atoms with Crippen molar-refractivity contribution in [3.05, 3.63) is 28.3 Å². The fourth-order valence-electron chi connectivity index (χ4n) is 1.79. The second-order valence-electron chi connectivity index (χ2n) is 4.06. The lowest BCUT2D eigenvalue weighted by molar-refractivity contribution is 0.370. The van der Waals surface area contributed by atoms with Gasteiger partial charge in [0.1, 0.15) is 5.75 Å². The highest BCUT2D eigenvalue weighted by Gasteiger charge is 2.09. The number of likely N-dealkylation sites (N-methyl/N-ethyl adjacent to an activating group) is 1. The molecule has 0 fully saturated rings. The van der Waals surface area contributed by atoms with Crippen LogP contribution in [0.5, 0.6) is 5.75 Å². The maximum atomic E-state index is 8.59. The Morgan fingerprint density at radius 3 is 2.76 bits per heavy atom. The molecule has 0 aromatic heterocycles. The fraction of sp³-hybridized carbons (Fsp3) is 0.462. The summed E-state index contributed by atoms with van der Waals surface area (Å²) >= 11 is 6.03. The van der Waals surface area contributed by atoms with Crippen molar-refractivity contribution in [2.24, 2.45) is 0 Å². The fourth-order valence-corrected chi connectivity index (χ4v) is 2.08. The minimum absolute atomic E-state index is 0.432. The third-order valence-corrected chi connectivity index (χ3v) is 2.84. The molecule has 3 nitrogen and oxygen atoms in total. The van der Waals surface area contributed by atoms with E-state index in [-0.39, 0.29) is 0 Å². The summed E-state index contributed by atoms with van der Waals surface area (Å²) in [5, 5.41) is 9.31. The van der Waals surface area contributed by atoms with Gasteiger partial charge in [-0.3, -0.25) is 4.90 Å². The van der Waals surface area contributed by atoms with E-state index in [4.69, 9.17) is 21.6 Å². The van der Waals surface area contributed by atoms with Gasteiger partial charge < -0.3 is 4.74 Å². The lowest BCUT2D eigenvalue weighted by atomic mass is 10.1. The minimum Gasteiger partial charge on any atom is -0.496 e. The average Bonchev–Trinajstić information content (AvgIpc) is 2.26. The van der Waals surface area contributed by atoms with Crippen LogP contribution in [0.2, 0.25) is 5.02 Å². The Morgan fingerprint density at radius 2 is 2.18 bits per heavy atom. The Hall–Kier alpha value is -1.24. The first kappa shape index (κ1) is 13.8. The highest BCUT2D eigenvalue weighted by Crippen LogP contribution is 2.27. The normalized spacial score (nSPS) is 10.4. The Labute approximate surface area is 108 Å². The number of benzene rings is 1. The summed E-state index contributed by atoms with van der Waals surface area (Å²) in [5.41, 5.74) is 2.13. The third-order valence-electron chi connectivity index (χ3n) is 2.62. The molecule has 0 aliphatic heterocycles. The lowest BCUT2D eigenvalue weighted by Gasteiger charge is -2.15. The summed E-state index contributed by atoms with van der Waals surface area (Å²) in [4.78, 5) is 1.97. The van der Waals surface area contributed by atoms with Gasteiger partial charge in [0, 0.05) is 11.6 Å². The second kappa shape index (κ2) is 6.48. The van der Waals surface area contributed by atoms with E-state index in [1.54, 1.807) is 7.11 Å². The Kier molecular flexibility index (Phi) is 5.27. The topological polar surface area (TPSA) is 36.3 Å². The van der Waals surface area contributed by atoms with E-state index < -0.39 is 0 Å². The number of aryl methyl sites for hydroxylation is 1. The van der Waals surface area contributed by atoms with Crippen molar-refractivity contribution in [1.29, 1.82) is 5.26 Å². The van der Waals surface area contributed by atoms with Crippen molar-refractivity contribution < 1.29 is 4.74 Å². The number of hydrogen-bond donors (Lipinski definition) is 0. The molecule has 0 radical (unpaired) electrons. The molecular weight excluding hydrogens is 236 g/mol. The number of ether oxygens (including phenoxy) is 1. The number of nitrogens with zero attached hydrogens (tertiary/aromatic N) is 2. The molecular formula is C13H17ClN2O. The van der Waals surface area contributed by atoms with Gasteiger partial charge in [-0.2, -0.15) is 5.26 Å². The first-order chi connectivity index (χ1) is 8.08. The van der Waals surface area contributed by atoms with Gasteiger partial charge in [0.2, 0.25) is 0 Å². The predicted octanol–water partition coefficient (Wildman–Crippen LogP) is 2.65. The monoisotopic (exact) mass is 252 g/mol. The molecule has 1 aromatic carbocycles. The van der Waals surface area contributed by atoms with Gasteiger partial charge in [0.15, 0.2) is 0 Å². The van der Waals surface area contributed by atoms with E-state index in [0.29, 0.717) is 6.54 Å². The zero-order valence-corrected chi connectivity index (χ0v) is 11.2. The maximum Gasteiger partial charge on any atom is 0.125 e. The van der Waals surface area contributed by atoms with Crippen LogP contribution in [0.15, 0.2) is 12.1 Å². The van der Waals surface area contributed by atoms with Crippen molar-refractivity contribution in [1.82, 2.24) is 4.90 Å². The van der Waals surface area contributed by atoms with Crippen molar-refractivity contribution in [3.8, 4) is 11.8 Å². The van der Waals surface area contributed by atoms with Crippen molar-refractivity contribution in [2.75, 3.05) is 27.2 Å². The first-order valence-corrected chi connectivity index (χ1v) is 5.84. The summed E-state index contributed by atoms with van der Waals surface area (Å²) in [6.45, 7) is 3.22. The Bertz CT molecular complexity index is 426. The predicted molar refractivity (Wildman–Crippen MR) is 69.6 cm³/mol. The van der Waals surface area contributed by atoms with E-state index in [1.807, 2.05) is 31.0 Å². The standard InChI is InChI=1S/C13H17ClN2O/c1-10-8-12(14)9-11(13(10)17-3)4-6-16(2)7-5-15/h8-9H,4,6-7H2,1-3H3. The number of nitriles is 1. The zero-order chi connectivity index (χ0) is 12.8. The molecule has 0 aliphatic rings. The van der Waals surface area contributed by atoms with E-state index in [9.17, 15) is 0 Å². The van der Waals surface area contributed by atoms with Crippen molar-refractivity contribution in [2.45, 2.75) is 13.3 Å². The molecule has 0 saturated carbocycles. The van der Waals surface area contributed by atoms with Crippen LogP contribution in [0.25, 0.3) is 0 Å². The summed E-state index contributed by atoms with van der Waals surface area (Å²) in [6, 6.07) is 5.94. The number of hydrogen-bond acceptors (Lipinski definition) is 3. The first-order valence-electron chi connectivity index (χ1n) is 5.47. The third kappa shape index (κ3) is 3.92. The van der Waals surface area contributed by atoms with E-state index in [2.05, 4.69) is 6.07 Å². The van der Waals surface area contributed by atoms with Gasteiger partial charge in [-0.1, -0.05) is 11.6 Å². The summed E-state index contributed by atoms with van der Waals surface area (Å²) in [5.74, 6) is 0.889. The largest absolute Gasteiger partial charge is 0.496 e. The molecule has 0 bridgehead atoms. The van der Waals surface area contributed by atoms with E-state index in [0.717, 1.165) is 34.9 Å². The number of rotatable bonds is 5. The van der Waals surface area contributed by atoms with Crippen LogP contribution in [-0.2, 0) is 6.42 Å². The molecule has 92 valence electrons. The van der Waals surface area contributed by atoms with Crippen LogP contribution in [-0.4, -0.2) is 32.1 Å². The van der Waals surface area contributed by atoms with Gasteiger partial charge in [0.05, 0.1) is 19.7 Å². The Balaban J connectivity index is 2.80. The molecule has 1 rings (SSSR count).